The molecule has 0 saturated carbocycles. The van der Waals surface area contributed by atoms with Crippen molar-refractivity contribution < 1.29 is 9.13 Å². The predicted molar refractivity (Wildman–Crippen MR) is 65.3 cm³/mol. The molecule has 5 nitrogen and oxygen atoms in total. The highest BCUT2D eigenvalue weighted by Gasteiger charge is 2.24. The topological polar surface area (TPSA) is 65.1 Å². The molecule has 2 aromatic rings. The highest BCUT2D eigenvalue weighted by atomic mass is 19.1. The van der Waals surface area contributed by atoms with E-state index in [0.29, 0.717) is 17.1 Å². The van der Waals surface area contributed by atoms with E-state index in [9.17, 15) is 4.39 Å². The molecule has 6 heteroatoms. The summed E-state index contributed by atoms with van der Waals surface area (Å²) in [5, 5.41) is 0. The molecule has 0 amide bonds. The Morgan fingerprint density at radius 2 is 2.28 bits per heavy atom. The van der Waals surface area contributed by atoms with E-state index >= 15 is 0 Å². The third-order valence-corrected chi connectivity index (χ3v) is 2.80. The Balaban J connectivity index is 2.55. The lowest BCUT2D eigenvalue weighted by Gasteiger charge is -2.19. The third-order valence-electron chi connectivity index (χ3n) is 2.80. The van der Waals surface area contributed by atoms with Crippen molar-refractivity contribution in [3.05, 3.63) is 47.8 Å². The van der Waals surface area contributed by atoms with E-state index in [1.165, 1.54) is 13.2 Å². The molecule has 0 aliphatic carbocycles. The summed E-state index contributed by atoms with van der Waals surface area (Å²) in [7, 11) is 3.31. The summed E-state index contributed by atoms with van der Waals surface area (Å²) < 4.78 is 20.9. The maximum absolute atomic E-state index is 14.0. The number of hydrazine groups is 1. The minimum Gasteiger partial charge on any atom is -0.496 e. The van der Waals surface area contributed by atoms with E-state index in [1.807, 2.05) is 7.05 Å². The van der Waals surface area contributed by atoms with Crippen LogP contribution in [0.3, 0.4) is 0 Å². The molecule has 1 aromatic heterocycles. The highest BCUT2D eigenvalue weighted by Crippen LogP contribution is 2.30. The number of hydrogen-bond acceptors (Lipinski definition) is 4. The summed E-state index contributed by atoms with van der Waals surface area (Å²) in [5.41, 5.74) is 2.92. The first kappa shape index (κ1) is 12.5. The summed E-state index contributed by atoms with van der Waals surface area (Å²) in [6.45, 7) is 0. The van der Waals surface area contributed by atoms with Crippen molar-refractivity contribution in [3.63, 3.8) is 0 Å². The van der Waals surface area contributed by atoms with Crippen molar-refractivity contribution in [2.75, 3.05) is 7.11 Å². The molecule has 1 unspecified atom stereocenters. The van der Waals surface area contributed by atoms with E-state index in [1.54, 1.807) is 29.1 Å². The number of hydrogen-bond donors (Lipinski definition) is 2. The lowest BCUT2D eigenvalue weighted by molar-refractivity contribution is 0.394. The second kappa shape index (κ2) is 5.16. The third kappa shape index (κ3) is 2.07. The molecule has 0 spiro atoms. The van der Waals surface area contributed by atoms with Gasteiger partial charge in [0.1, 0.15) is 23.4 Å². The summed E-state index contributed by atoms with van der Waals surface area (Å²) in [4.78, 5) is 4.18. The van der Waals surface area contributed by atoms with Crippen LogP contribution in [0.1, 0.15) is 17.4 Å². The van der Waals surface area contributed by atoms with Gasteiger partial charge in [0.2, 0.25) is 0 Å². The predicted octanol–water partition coefficient (Wildman–Crippen LogP) is 1.12. The molecule has 1 atom stereocenters. The Hall–Kier alpha value is -1.92. The van der Waals surface area contributed by atoms with Crippen molar-refractivity contribution in [3.8, 4) is 5.75 Å². The molecule has 18 heavy (non-hydrogen) atoms. The average molecular weight is 250 g/mol. The van der Waals surface area contributed by atoms with Crippen LogP contribution in [0.15, 0.2) is 30.6 Å². The SMILES string of the molecule is COc1cccc(F)c1C(NN)c1nccn1C. The van der Waals surface area contributed by atoms with Crippen molar-refractivity contribution in [1.29, 1.82) is 0 Å². The van der Waals surface area contributed by atoms with Crippen molar-refractivity contribution in [2.45, 2.75) is 6.04 Å². The number of halogens is 1. The average Bonchev–Trinajstić information content (AvgIpc) is 2.79. The van der Waals surface area contributed by atoms with Gasteiger partial charge in [-0.1, -0.05) is 6.07 Å². The molecule has 0 aliphatic rings. The fourth-order valence-electron chi connectivity index (χ4n) is 1.92. The molecular formula is C12H15FN4O. The number of imidazole rings is 1. The Morgan fingerprint density at radius 1 is 1.50 bits per heavy atom. The monoisotopic (exact) mass is 250 g/mol. The zero-order valence-electron chi connectivity index (χ0n) is 10.2. The van der Waals surface area contributed by atoms with E-state index < -0.39 is 6.04 Å². The zero-order chi connectivity index (χ0) is 13.1. The van der Waals surface area contributed by atoms with E-state index in [-0.39, 0.29) is 5.82 Å². The second-order valence-electron chi connectivity index (χ2n) is 3.85. The normalized spacial score (nSPS) is 12.4. The number of aryl methyl sites for hydroxylation is 1. The molecule has 96 valence electrons. The van der Waals surface area contributed by atoms with Gasteiger partial charge in [0.15, 0.2) is 0 Å². The summed E-state index contributed by atoms with van der Waals surface area (Å²) in [5.74, 6) is 6.19. The molecular weight excluding hydrogens is 235 g/mol. The van der Waals surface area contributed by atoms with Gasteiger partial charge >= 0.3 is 0 Å². The second-order valence-corrected chi connectivity index (χ2v) is 3.85. The van der Waals surface area contributed by atoms with Crippen LogP contribution in [0, 0.1) is 5.82 Å². The standard InChI is InChI=1S/C12H15FN4O/c1-17-7-6-15-12(17)11(16-14)10-8(13)4-3-5-9(10)18-2/h3-7,11,16H,14H2,1-2H3. The van der Waals surface area contributed by atoms with E-state index in [2.05, 4.69) is 10.4 Å². The van der Waals surface area contributed by atoms with E-state index in [0.717, 1.165) is 0 Å². The summed E-state index contributed by atoms with van der Waals surface area (Å²) >= 11 is 0. The Labute approximate surface area is 104 Å². The molecule has 2 rings (SSSR count). The van der Waals surface area contributed by atoms with Crippen LogP contribution >= 0.6 is 0 Å². The lowest BCUT2D eigenvalue weighted by atomic mass is 10.0. The van der Waals surface area contributed by atoms with Gasteiger partial charge < -0.3 is 9.30 Å². The van der Waals surface area contributed by atoms with Crippen molar-refractivity contribution >= 4 is 0 Å². The Bertz CT molecular complexity index is 541. The number of aromatic nitrogens is 2. The summed E-state index contributed by atoms with van der Waals surface area (Å²) in [6, 6.07) is 4.07. The van der Waals surface area contributed by atoms with Crippen LogP contribution < -0.4 is 16.0 Å². The molecule has 3 N–H and O–H groups in total. The first-order chi connectivity index (χ1) is 8.69. The van der Waals surface area contributed by atoms with Gasteiger partial charge in [0.25, 0.3) is 0 Å². The number of ether oxygens (including phenoxy) is 1. The molecule has 0 saturated heterocycles. The largest absolute Gasteiger partial charge is 0.496 e. The van der Waals surface area contributed by atoms with Crippen LogP contribution in [-0.4, -0.2) is 16.7 Å². The number of rotatable bonds is 4. The van der Waals surface area contributed by atoms with Crippen molar-refractivity contribution in [2.24, 2.45) is 12.9 Å². The number of benzene rings is 1. The number of nitrogens with one attached hydrogen (secondary N) is 1. The first-order valence-electron chi connectivity index (χ1n) is 5.44. The van der Waals surface area contributed by atoms with Crippen LogP contribution in [-0.2, 0) is 7.05 Å². The zero-order valence-corrected chi connectivity index (χ0v) is 10.2. The maximum atomic E-state index is 14.0. The summed E-state index contributed by atoms with van der Waals surface area (Å²) in [6.07, 6.45) is 3.40. The van der Waals surface area contributed by atoms with Gasteiger partial charge in [0.05, 0.1) is 12.7 Å². The van der Waals surface area contributed by atoms with Crippen LogP contribution in [0.4, 0.5) is 4.39 Å². The quantitative estimate of drug-likeness (QED) is 0.630. The molecule has 1 heterocycles. The first-order valence-corrected chi connectivity index (χ1v) is 5.44. The number of methoxy groups -OCH3 is 1. The maximum Gasteiger partial charge on any atom is 0.132 e. The van der Waals surface area contributed by atoms with Gasteiger partial charge in [0, 0.05) is 19.4 Å². The molecule has 0 fully saturated rings. The molecule has 0 bridgehead atoms. The van der Waals surface area contributed by atoms with Crippen LogP contribution in [0.25, 0.3) is 0 Å². The molecule has 1 aromatic carbocycles. The van der Waals surface area contributed by atoms with Crippen molar-refractivity contribution in [1.82, 2.24) is 15.0 Å². The van der Waals surface area contributed by atoms with Gasteiger partial charge in [-0.05, 0) is 12.1 Å². The molecule has 0 aliphatic heterocycles. The smallest absolute Gasteiger partial charge is 0.132 e. The minimum absolute atomic E-state index is 0.344. The van der Waals surface area contributed by atoms with E-state index in [4.69, 9.17) is 10.6 Å². The highest BCUT2D eigenvalue weighted by molar-refractivity contribution is 5.40. The number of nitrogens with zero attached hydrogens (tertiary/aromatic N) is 2. The van der Waals surface area contributed by atoms with Crippen LogP contribution in [0.5, 0.6) is 5.75 Å². The number of nitrogens with two attached hydrogens (primary N) is 1. The fraction of sp³-hybridized carbons (Fsp3) is 0.250. The van der Waals surface area contributed by atoms with Gasteiger partial charge in [-0.2, -0.15) is 0 Å². The lowest BCUT2D eigenvalue weighted by Crippen LogP contribution is -2.31. The van der Waals surface area contributed by atoms with Gasteiger partial charge in [-0.15, -0.1) is 0 Å². The molecule has 0 radical (unpaired) electrons. The van der Waals surface area contributed by atoms with Gasteiger partial charge in [-0.25, -0.2) is 14.8 Å². The van der Waals surface area contributed by atoms with Crippen LogP contribution in [0.2, 0.25) is 0 Å². The van der Waals surface area contributed by atoms with Gasteiger partial charge in [-0.3, -0.25) is 5.84 Å². The fourth-order valence-corrected chi connectivity index (χ4v) is 1.92. The minimum atomic E-state index is -0.568. The Morgan fingerprint density at radius 3 is 2.83 bits per heavy atom. The Kier molecular flexibility index (Phi) is 3.59.